The average molecular weight is 270 g/mol. The highest BCUT2D eigenvalue weighted by Crippen LogP contribution is 2.28. The average Bonchev–Trinajstić information content (AvgIpc) is 3.11. The summed E-state index contributed by atoms with van der Waals surface area (Å²) in [6, 6.07) is 15.0. The molecule has 0 spiro atoms. The van der Waals surface area contributed by atoms with E-state index in [9.17, 15) is 0 Å². The SMILES string of the molecule is CNCc1ccc(CN2CCC(c3ccccc3)C2)o1. The van der Waals surface area contributed by atoms with Gasteiger partial charge in [-0.05, 0) is 43.6 Å². The van der Waals surface area contributed by atoms with E-state index in [1.54, 1.807) is 0 Å². The van der Waals surface area contributed by atoms with Crippen molar-refractivity contribution in [3.05, 3.63) is 59.5 Å². The lowest BCUT2D eigenvalue weighted by molar-refractivity contribution is 0.289. The van der Waals surface area contributed by atoms with Crippen LogP contribution in [0.4, 0.5) is 0 Å². The molecule has 0 saturated carbocycles. The summed E-state index contributed by atoms with van der Waals surface area (Å²) in [6.45, 7) is 4.01. The predicted octanol–water partition coefficient (Wildman–Crippen LogP) is 2.99. The fraction of sp³-hybridized carbons (Fsp3) is 0.412. The molecule has 2 aromatic rings. The highest BCUT2D eigenvalue weighted by Gasteiger charge is 2.24. The number of rotatable bonds is 5. The molecule has 0 amide bonds. The Labute approximate surface area is 120 Å². The van der Waals surface area contributed by atoms with Crippen molar-refractivity contribution in [3.8, 4) is 0 Å². The number of benzene rings is 1. The van der Waals surface area contributed by atoms with E-state index in [1.807, 2.05) is 7.05 Å². The van der Waals surface area contributed by atoms with Crippen LogP contribution in [-0.2, 0) is 13.1 Å². The molecule has 1 aromatic heterocycles. The monoisotopic (exact) mass is 270 g/mol. The third-order valence-electron chi connectivity index (χ3n) is 3.99. The maximum Gasteiger partial charge on any atom is 0.118 e. The van der Waals surface area contributed by atoms with Gasteiger partial charge in [0.2, 0.25) is 0 Å². The number of nitrogens with one attached hydrogen (secondary N) is 1. The molecule has 1 saturated heterocycles. The summed E-state index contributed by atoms with van der Waals surface area (Å²) in [5, 5.41) is 3.11. The highest BCUT2D eigenvalue weighted by atomic mass is 16.3. The lowest BCUT2D eigenvalue weighted by Crippen LogP contribution is -2.19. The van der Waals surface area contributed by atoms with Gasteiger partial charge in [-0.15, -0.1) is 0 Å². The van der Waals surface area contributed by atoms with Gasteiger partial charge in [-0.25, -0.2) is 0 Å². The van der Waals surface area contributed by atoms with Gasteiger partial charge in [0.05, 0.1) is 13.1 Å². The van der Waals surface area contributed by atoms with Crippen molar-refractivity contribution in [1.82, 2.24) is 10.2 Å². The van der Waals surface area contributed by atoms with Gasteiger partial charge in [0, 0.05) is 6.54 Å². The van der Waals surface area contributed by atoms with Crippen LogP contribution in [0.15, 0.2) is 46.9 Å². The topological polar surface area (TPSA) is 28.4 Å². The Morgan fingerprint density at radius 1 is 1.15 bits per heavy atom. The molecule has 20 heavy (non-hydrogen) atoms. The van der Waals surface area contributed by atoms with Crippen LogP contribution in [0.1, 0.15) is 29.4 Å². The summed E-state index contributed by atoms with van der Waals surface area (Å²) in [5.74, 6) is 2.76. The van der Waals surface area contributed by atoms with Gasteiger partial charge in [0.25, 0.3) is 0 Å². The molecule has 3 rings (SSSR count). The normalized spacial score (nSPS) is 19.6. The lowest BCUT2D eigenvalue weighted by Gasteiger charge is -2.14. The Morgan fingerprint density at radius 2 is 1.95 bits per heavy atom. The number of hydrogen-bond acceptors (Lipinski definition) is 3. The van der Waals surface area contributed by atoms with E-state index < -0.39 is 0 Å². The van der Waals surface area contributed by atoms with E-state index >= 15 is 0 Å². The molecule has 0 bridgehead atoms. The molecule has 1 fully saturated rings. The summed E-state index contributed by atoms with van der Waals surface area (Å²) in [4.78, 5) is 2.49. The highest BCUT2D eigenvalue weighted by molar-refractivity contribution is 5.21. The first kappa shape index (κ1) is 13.4. The van der Waals surface area contributed by atoms with Crippen LogP contribution in [0.25, 0.3) is 0 Å². The largest absolute Gasteiger partial charge is 0.463 e. The molecule has 3 nitrogen and oxygen atoms in total. The molecule has 0 radical (unpaired) electrons. The van der Waals surface area contributed by atoms with Crippen molar-refractivity contribution >= 4 is 0 Å². The van der Waals surface area contributed by atoms with Gasteiger partial charge in [0.1, 0.15) is 11.5 Å². The van der Waals surface area contributed by atoms with Gasteiger partial charge in [-0.3, -0.25) is 4.90 Å². The Hall–Kier alpha value is -1.58. The first-order chi connectivity index (χ1) is 9.85. The van der Waals surface area contributed by atoms with Crippen LogP contribution in [0, 0.1) is 0 Å². The van der Waals surface area contributed by atoms with Gasteiger partial charge in [0.15, 0.2) is 0 Å². The van der Waals surface area contributed by atoms with Gasteiger partial charge < -0.3 is 9.73 Å². The molecule has 1 aliphatic rings. The van der Waals surface area contributed by atoms with Crippen LogP contribution in [0.5, 0.6) is 0 Å². The first-order valence-electron chi connectivity index (χ1n) is 7.34. The van der Waals surface area contributed by atoms with Crippen molar-refractivity contribution in [2.24, 2.45) is 0 Å². The Kier molecular flexibility index (Phi) is 4.19. The second-order valence-corrected chi connectivity index (χ2v) is 5.53. The lowest BCUT2D eigenvalue weighted by atomic mass is 9.99. The zero-order valence-electron chi connectivity index (χ0n) is 12.0. The van der Waals surface area contributed by atoms with E-state index in [-0.39, 0.29) is 0 Å². The first-order valence-corrected chi connectivity index (χ1v) is 7.34. The number of hydrogen-bond donors (Lipinski definition) is 1. The number of likely N-dealkylation sites (tertiary alicyclic amines) is 1. The minimum absolute atomic E-state index is 0.669. The molecule has 3 heteroatoms. The smallest absolute Gasteiger partial charge is 0.118 e. The molecule has 1 unspecified atom stereocenters. The molecule has 1 aliphatic heterocycles. The molecule has 1 atom stereocenters. The standard InChI is InChI=1S/C17H22N2O/c1-18-11-16-7-8-17(20-16)13-19-10-9-15(12-19)14-5-3-2-4-6-14/h2-8,15,18H,9-13H2,1H3. The third kappa shape index (κ3) is 3.11. The van der Waals surface area contributed by atoms with Crippen LogP contribution >= 0.6 is 0 Å². The summed E-state index contributed by atoms with van der Waals surface area (Å²) >= 11 is 0. The van der Waals surface area contributed by atoms with Crippen molar-refractivity contribution in [3.63, 3.8) is 0 Å². The minimum atomic E-state index is 0.669. The number of furan rings is 1. The van der Waals surface area contributed by atoms with Crippen LogP contribution in [0.3, 0.4) is 0 Å². The molecular formula is C17H22N2O. The molecular weight excluding hydrogens is 248 g/mol. The van der Waals surface area contributed by atoms with Crippen molar-refractivity contribution in [2.75, 3.05) is 20.1 Å². The zero-order valence-corrected chi connectivity index (χ0v) is 12.0. The van der Waals surface area contributed by atoms with Crippen LogP contribution < -0.4 is 5.32 Å². The van der Waals surface area contributed by atoms with E-state index in [0.29, 0.717) is 5.92 Å². The second-order valence-electron chi connectivity index (χ2n) is 5.53. The van der Waals surface area contributed by atoms with E-state index in [4.69, 9.17) is 4.42 Å². The van der Waals surface area contributed by atoms with Crippen molar-refractivity contribution in [2.45, 2.75) is 25.4 Å². The molecule has 0 aliphatic carbocycles. The van der Waals surface area contributed by atoms with E-state index in [0.717, 1.165) is 37.7 Å². The Bertz CT molecular complexity index is 535. The van der Waals surface area contributed by atoms with Gasteiger partial charge >= 0.3 is 0 Å². The van der Waals surface area contributed by atoms with Crippen LogP contribution in [0.2, 0.25) is 0 Å². The fourth-order valence-corrected chi connectivity index (χ4v) is 2.97. The summed E-state index contributed by atoms with van der Waals surface area (Å²) in [6.07, 6.45) is 1.24. The predicted molar refractivity (Wildman–Crippen MR) is 80.5 cm³/mol. The fourth-order valence-electron chi connectivity index (χ4n) is 2.97. The van der Waals surface area contributed by atoms with Gasteiger partial charge in [-0.2, -0.15) is 0 Å². The summed E-state index contributed by atoms with van der Waals surface area (Å²) in [5.41, 5.74) is 1.46. The van der Waals surface area contributed by atoms with E-state index in [2.05, 4.69) is 52.7 Å². The quantitative estimate of drug-likeness (QED) is 0.905. The molecule has 1 N–H and O–H groups in total. The Balaban J connectivity index is 1.57. The maximum absolute atomic E-state index is 5.82. The summed E-state index contributed by atoms with van der Waals surface area (Å²) < 4.78 is 5.82. The maximum atomic E-state index is 5.82. The Morgan fingerprint density at radius 3 is 2.75 bits per heavy atom. The molecule has 1 aromatic carbocycles. The number of nitrogens with zero attached hydrogens (tertiary/aromatic N) is 1. The molecule has 2 heterocycles. The van der Waals surface area contributed by atoms with Crippen LogP contribution in [-0.4, -0.2) is 25.0 Å². The van der Waals surface area contributed by atoms with Crippen molar-refractivity contribution in [1.29, 1.82) is 0 Å². The van der Waals surface area contributed by atoms with Crippen molar-refractivity contribution < 1.29 is 4.42 Å². The van der Waals surface area contributed by atoms with E-state index in [1.165, 1.54) is 12.0 Å². The summed E-state index contributed by atoms with van der Waals surface area (Å²) in [7, 11) is 1.94. The molecule has 106 valence electrons. The zero-order chi connectivity index (χ0) is 13.8. The third-order valence-corrected chi connectivity index (χ3v) is 3.99. The second kappa shape index (κ2) is 6.25. The van der Waals surface area contributed by atoms with Gasteiger partial charge in [-0.1, -0.05) is 30.3 Å². The minimum Gasteiger partial charge on any atom is -0.463 e.